The van der Waals surface area contributed by atoms with E-state index in [1.807, 2.05) is 12.5 Å². The van der Waals surface area contributed by atoms with Crippen molar-refractivity contribution in [1.29, 1.82) is 0 Å². The van der Waals surface area contributed by atoms with Gasteiger partial charge < -0.3 is 9.88 Å². The largest absolute Gasteiger partial charge is 0.331 e. The quantitative estimate of drug-likeness (QED) is 0.893. The minimum Gasteiger partial charge on any atom is -0.331 e. The van der Waals surface area contributed by atoms with Crippen LogP contribution in [0, 0.1) is 13.8 Å². The van der Waals surface area contributed by atoms with Crippen LogP contribution in [0.15, 0.2) is 30.7 Å². The van der Waals surface area contributed by atoms with Crippen molar-refractivity contribution in [3.63, 3.8) is 0 Å². The molecule has 1 heterocycles. The number of hydrogen-bond acceptors (Lipinski definition) is 2. The van der Waals surface area contributed by atoms with Gasteiger partial charge in [-0.15, -0.1) is 0 Å². The average molecular weight is 271 g/mol. The Morgan fingerprint density at radius 1 is 1.20 bits per heavy atom. The molecule has 0 saturated carbocycles. The van der Waals surface area contributed by atoms with E-state index < -0.39 is 0 Å². The van der Waals surface area contributed by atoms with Gasteiger partial charge in [-0.1, -0.05) is 23.8 Å². The molecule has 1 atom stereocenters. The van der Waals surface area contributed by atoms with Gasteiger partial charge in [0, 0.05) is 24.8 Å². The first-order valence-corrected chi connectivity index (χ1v) is 7.30. The summed E-state index contributed by atoms with van der Waals surface area (Å²) >= 11 is 0. The van der Waals surface area contributed by atoms with Gasteiger partial charge in [0.2, 0.25) is 0 Å². The molecule has 20 heavy (non-hydrogen) atoms. The van der Waals surface area contributed by atoms with Crippen molar-refractivity contribution >= 4 is 0 Å². The molecule has 0 amide bonds. The van der Waals surface area contributed by atoms with Gasteiger partial charge >= 0.3 is 0 Å². The van der Waals surface area contributed by atoms with E-state index >= 15 is 0 Å². The second-order valence-corrected chi connectivity index (χ2v) is 5.85. The van der Waals surface area contributed by atoms with E-state index in [4.69, 9.17) is 0 Å². The molecule has 3 nitrogen and oxygen atoms in total. The zero-order chi connectivity index (χ0) is 14.7. The summed E-state index contributed by atoms with van der Waals surface area (Å²) in [5.74, 6) is 0. The Labute approximate surface area is 122 Å². The first-order chi connectivity index (χ1) is 9.49. The monoisotopic (exact) mass is 271 g/mol. The number of nitrogens with zero attached hydrogens (tertiary/aromatic N) is 2. The topological polar surface area (TPSA) is 29.9 Å². The van der Waals surface area contributed by atoms with Gasteiger partial charge in [-0.3, -0.25) is 0 Å². The number of imidazole rings is 1. The van der Waals surface area contributed by atoms with Crippen molar-refractivity contribution in [3.8, 4) is 0 Å². The Morgan fingerprint density at radius 2 is 1.95 bits per heavy atom. The van der Waals surface area contributed by atoms with E-state index in [1.165, 1.54) is 22.4 Å². The molecule has 108 valence electrons. The van der Waals surface area contributed by atoms with Crippen molar-refractivity contribution < 1.29 is 0 Å². The lowest BCUT2D eigenvalue weighted by Gasteiger charge is -2.19. The molecule has 0 bridgehead atoms. The van der Waals surface area contributed by atoms with E-state index in [0.29, 0.717) is 12.1 Å². The Morgan fingerprint density at radius 3 is 2.65 bits per heavy atom. The van der Waals surface area contributed by atoms with Gasteiger partial charge in [0.1, 0.15) is 0 Å². The summed E-state index contributed by atoms with van der Waals surface area (Å²) in [5.41, 5.74) is 5.26. The van der Waals surface area contributed by atoms with E-state index in [2.05, 4.69) is 67.7 Å². The lowest BCUT2D eigenvalue weighted by molar-refractivity contribution is 0.517. The van der Waals surface area contributed by atoms with Gasteiger partial charge in [0.15, 0.2) is 0 Å². The van der Waals surface area contributed by atoms with Crippen LogP contribution in [-0.4, -0.2) is 9.55 Å². The Kier molecular flexibility index (Phi) is 4.61. The molecule has 0 aliphatic rings. The van der Waals surface area contributed by atoms with E-state index in [9.17, 15) is 0 Å². The fraction of sp³-hybridized carbons (Fsp3) is 0.471. The van der Waals surface area contributed by atoms with Crippen LogP contribution < -0.4 is 5.32 Å². The maximum atomic E-state index is 4.25. The lowest BCUT2D eigenvalue weighted by Crippen LogP contribution is -2.21. The SMILES string of the molecule is Cc1ccc(C)c(C(C)NCc2cncn2C(C)C)c1. The Hall–Kier alpha value is -1.61. The van der Waals surface area contributed by atoms with Gasteiger partial charge in [-0.2, -0.15) is 0 Å². The molecule has 0 aliphatic carbocycles. The van der Waals surface area contributed by atoms with Crippen molar-refractivity contribution in [3.05, 3.63) is 53.1 Å². The predicted molar refractivity (Wildman–Crippen MR) is 83.8 cm³/mol. The van der Waals surface area contributed by atoms with Crippen LogP contribution >= 0.6 is 0 Å². The van der Waals surface area contributed by atoms with Crippen molar-refractivity contribution in [2.24, 2.45) is 0 Å². The third-order valence-electron chi connectivity index (χ3n) is 3.79. The van der Waals surface area contributed by atoms with E-state index in [0.717, 1.165) is 6.54 Å². The summed E-state index contributed by atoms with van der Waals surface area (Å²) in [7, 11) is 0. The molecule has 1 aromatic heterocycles. The van der Waals surface area contributed by atoms with Crippen LogP contribution in [0.2, 0.25) is 0 Å². The highest BCUT2D eigenvalue weighted by molar-refractivity contribution is 5.32. The van der Waals surface area contributed by atoms with E-state index in [1.54, 1.807) is 0 Å². The van der Waals surface area contributed by atoms with Crippen LogP contribution in [0.4, 0.5) is 0 Å². The first-order valence-electron chi connectivity index (χ1n) is 7.30. The van der Waals surface area contributed by atoms with Crippen LogP contribution in [0.1, 0.15) is 55.2 Å². The number of rotatable bonds is 5. The molecule has 2 aromatic rings. The molecule has 0 radical (unpaired) electrons. The second kappa shape index (κ2) is 6.23. The van der Waals surface area contributed by atoms with Crippen molar-refractivity contribution in [2.45, 2.75) is 53.2 Å². The number of aryl methyl sites for hydroxylation is 2. The van der Waals surface area contributed by atoms with Crippen LogP contribution in [0.3, 0.4) is 0 Å². The van der Waals surface area contributed by atoms with E-state index in [-0.39, 0.29) is 0 Å². The van der Waals surface area contributed by atoms with Crippen molar-refractivity contribution in [2.75, 3.05) is 0 Å². The summed E-state index contributed by atoms with van der Waals surface area (Å²) in [6.45, 7) is 11.7. The molecule has 1 unspecified atom stereocenters. The summed E-state index contributed by atoms with van der Waals surface area (Å²) in [5, 5.41) is 3.60. The minimum atomic E-state index is 0.338. The van der Waals surface area contributed by atoms with Crippen LogP contribution in [0.25, 0.3) is 0 Å². The average Bonchev–Trinajstić information content (AvgIpc) is 2.87. The molecule has 3 heteroatoms. The molecule has 1 N–H and O–H groups in total. The standard InChI is InChI=1S/C17H25N3/c1-12(2)20-11-18-9-16(20)10-19-15(5)17-8-13(3)6-7-14(17)4/h6-9,11-12,15,19H,10H2,1-5H3. The van der Waals surface area contributed by atoms with Crippen LogP contribution in [0.5, 0.6) is 0 Å². The predicted octanol–water partition coefficient (Wildman–Crippen LogP) is 3.93. The maximum Gasteiger partial charge on any atom is 0.0951 e. The number of hydrogen-bond donors (Lipinski definition) is 1. The van der Waals surface area contributed by atoms with Gasteiger partial charge in [0.05, 0.1) is 12.0 Å². The zero-order valence-electron chi connectivity index (χ0n) is 13.1. The minimum absolute atomic E-state index is 0.338. The summed E-state index contributed by atoms with van der Waals surface area (Å²) in [6.07, 6.45) is 3.85. The van der Waals surface area contributed by atoms with Gasteiger partial charge in [-0.25, -0.2) is 4.98 Å². The Bertz CT molecular complexity index is 569. The molecule has 0 fully saturated rings. The lowest BCUT2D eigenvalue weighted by atomic mass is 10.00. The number of aromatic nitrogens is 2. The van der Waals surface area contributed by atoms with Gasteiger partial charge in [-0.05, 0) is 45.7 Å². The highest BCUT2D eigenvalue weighted by Gasteiger charge is 2.10. The Balaban J connectivity index is 2.07. The molecule has 0 saturated heterocycles. The molecule has 2 rings (SSSR count). The number of nitrogens with one attached hydrogen (secondary N) is 1. The third kappa shape index (κ3) is 3.28. The molecule has 0 spiro atoms. The fourth-order valence-corrected chi connectivity index (χ4v) is 2.53. The highest BCUT2D eigenvalue weighted by atomic mass is 15.1. The first kappa shape index (κ1) is 14.8. The molecule has 1 aromatic carbocycles. The fourth-order valence-electron chi connectivity index (χ4n) is 2.53. The summed E-state index contributed by atoms with van der Waals surface area (Å²) in [4.78, 5) is 4.25. The van der Waals surface area contributed by atoms with Crippen LogP contribution in [-0.2, 0) is 6.54 Å². The third-order valence-corrected chi connectivity index (χ3v) is 3.79. The maximum absolute atomic E-state index is 4.25. The highest BCUT2D eigenvalue weighted by Crippen LogP contribution is 2.19. The molecular formula is C17H25N3. The van der Waals surface area contributed by atoms with Gasteiger partial charge in [0.25, 0.3) is 0 Å². The van der Waals surface area contributed by atoms with Crippen molar-refractivity contribution in [1.82, 2.24) is 14.9 Å². The molecular weight excluding hydrogens is 246 g/mol. The smallest absolute Gasteiger partial charge is 0.0951 e. The second-order valence-electron chi connectivity index (χ2n) is 5.85. The summed E-state index contributed by atoms with van der Waals surface area (Å²) in [6, 6.07) is 7.42. The number of benzene rings is 1. The zero-order valence-corrected chi connectivity index (χ0v) is 13.1. The molecule has 0 aliphatic heterocycles. The normalized spacial score (nSPS) is 12.9. The summed E-state index contributed by atoms with van der Waals surface area (Å²) < 4.78 is 2.21.